The molecule has 1 aliphatic heterocycles. The molecule has 1 saturated carbocycles. The molecular formula is C22H22O6S. The lowest BCUT2D eigenvalue weighted by atomic mass is 9.75. The van der Waals surface area contributed by atoms with Crippen LogP contribution in [0.5, 0.6) is 11.5 Å². The van der Waals surface area contributed by atoms with Crippen molar-refractivity contribution in [3.8, 4) is 11.5 Å². The number of esters is 1. The molecule has 0 amide bonds. The van der Waals surface area contributed by atoms with Crippen molar-refractivity contribution in [2.45, 2.75) is 24.2 Å². The van der Waals surface area contributed by atoms with Gasteiger partial charge in [-0.05, 0) is 61.2 Å². The van der Waals surface area contributed by atoms with E-state index < -0.39 is 15.5 Å². The van der Waals surface area contributed by atoms with Crippen LogP contribution in [0.25, 0.3) is 0 Å². The minimum absolute atomic E-state index is 0.0438. The van der Waals surface area contributed by atoms with Gasteiger partial charge in [0.1, 0.15) is 16.4 Å². The van der Waals surface area contributed by atoms with E-state index in [1.807, 2.05) is 0 Å². The molecule has 2 aromatic rings. The van der Waals surface area contributed by atoms with Crippen LogP contribution >= 0.6 is 0 Å². The number of methoxy groups -OCH3 is 1. The summed E-state index contributed by atoms with van der Waals surface area (Å²) in [6.07, 6.45) is 1.99. The Bertz CT molecular complexity index is 1040. The smallest absolute Gasteiger partial charge is 0.339 e. The highest BCUT2D eigenvalue weighted by molar-refractivity contribution is 7.87. The molecule has 0 bridgehead atoms. The van der Waals surface area contributed by atoms with Gasteiger partial charge in [-0.15, -0.1) is 0 Å². The van der Waals surface area contributed by atoms with Gasteiger partial charge in [0.2, 0.25) is 0 Å². The highest BCUT2D eigenvalue weighted by Gasteiger charge is 2.55. The Labute approximate surface area is 170 Å². The van der Waals surface area contributed by atoms with Gasteiger partial charge >= 0.3 is 16.1 Å². The van der Waals surface area contributed by atoms with Gasteiger partial charge in [-0.2, -0.15) is 8.42 Å². The summed E-state index contributed by atoms with van der Waals surface area (Å²) in [5.41, 5.74) is 1.46. The third kappa shape index (κ3) is 3.62. The van der Waals surface area contributed by atoms with E-state index in [4.69, 9.17) is 13.7 Å². The molecule has 0 aromatic heterocycles. The second kappa shape index (κ2) is 7.22. The number of hydrogen-bond donors (Lipinski definition) is 0. The number of benzene rings is 2. The quantitative estimate of drug-likeness (QED) is 0.409. The van der Waals surface area contributed by atoms with Gasteiger partial charge in [0.05, 0.1) is 19.1 Å². The largest absolute Gasteiger partial charge is 0.497 e. The molecule has 2 fully saturated rings. The second-order valence-electron chi connectivity index (χ2n) is 7.62. The fourth-order valence-corrected chi connectivity index (χ4v) is 5.14. The van der Waals surface area contributed by atoms with Crippen LogP contribution in [0.15, 0.2) is 65.6 Å². The number of rotatable bonds is 6. The summed E-state index contributed by atoms with van der Waals surface area (Å²) in [4.78, 5) is 12.5. The number of carbonyl (C=O) groups excluding carboxylic acids is 1. The molecule has 1 saturated heterocycles. The summed E-state index contributed by atoms with van der Waals surface area (Å²) in [6, 6.07) is 12.8. The fourth-order valence-electron chi connectivity index (χ4n) is 4.21. The van der Waals surface area contributed by atoms with E-state index in [0.29, 0.717) is 25.2 Å². The molecule has 0 N–H and O–H groups in total. The molecule has 2 aromatic carbocycles. The van der Waals surface area contributed by atoms with Crippen LogP contribution in [0.1, 0.15) is 18.4 Å². The predicted octanol–water partition coefficient (Wildman–Crippen LogP) is 3.51. The molecule has 2 atom stereocenters. The van der Waals surface area contributed by atoms with E-state index >= 15 is 0 Å². The number of fused-ring (bicyclic) bond motifs is 1. The van der Waals surface area contributed by atoms with Gasteiger partial charge in [0.25, 0.3) is 0 Å². The van der Waals surface area contributed by atoms with Crippen LogP contribution in [-0.4, -0.2) is 28.1 Å². The molecule has 0 radical (unpaired) electrons. The van der Waals surface area contributed by atoms with Crippen molar-refractivity contribution in [2.24, 2.45) is 11.3 Å². The Morgan fingerprint density at radius 1 is 1.10 bits per heavy atom. The van der Waals surface area contributed by atoms with Crippen LogP contribution in [0.2, 0.25) is 0 Å². The van der Waals surface area contributed by atoms with Crippen molar-refractivity contribution in [2.75, 3.05) is 13.7 Å². The van der Waals surface area contributed by atoms with Crippen molar-refractivity contribution in [1.29, 1.82) is 0 Å². The summed E-state index contributed by atoms with van der Waals surface area (Å²) in [5, 5.41) is 0. The Hall–Kier alpha value is -2.80. The lowest BCUT2D eigenvalue weighted by molar-refractivity contribution is -0.146. The predicted molar refractivity (Wildman–Crippen MR) is 106 cm³/mol. The van der Waals surface area contributed by atoms with Crippen LogP contribution in [0.4, 0.5) is 0 Å². The van der Waals surface area contributed by atoms with Crippen LogP contribution in [0, 0.1) is 11.3 Å². The average Bonchev–Trinajstić information content (AvgIpc) is 3.17. The average molecular weight is 414 g/mol. The summed E-state index contributed by atoms with van der Waals surface area (Å²) in [6.45, 7) is 4.49. The van der Waals surface area contributed by atoms with Crippen molar-refractivity contribution < 1.29 is 26.9 Å². The zero-order chi connectivity index (χ0) is 20.6. The molecule has 29 heavy (non-hydrogen) atoms. The van der Waals surface area contributed by atoms with E-state index in [2.05, 4.69) is 6.58 Å². The van der Waals surface area contributed by atoms with Crippen molar-refractivity contribution >= 4 is 16.1 Å². The lowest BCUT2D eigenvalue weighted by Crippen LogP contribution is -2.31. The molecule has 1 heterocycles. The SMILES string of the molecule is C=C1CC2COC(=O)C2(Cc2ccc(OS(=O)(=O)c3ccc(OC)cc3)cc2)C1. The van der Waals surface area contributed by atoms with Gasteiger partial charge in [0.15, 0.2) is 0 Å². The van der Waals surface area contributed by atoms with E-state index in [-0.39, 0.29) is 22.5 Å². The standard InChI is InChI=1S/C22H22O6S/c1-15-11-17-14-27-21(23)22(17,12-15)13-16-3-5-19(6-4-16)28-29(24,25)20-9-7-18(26-2)8-10-20/h3-10,17H,1,11-14H2,2H3. The summed E-state index contributed by atoms with van der Waals surface area (Å²) in [5.74, 6) is 0.770. The fraction of sp³-hybridized carbons (Fsp3) is 0.318. The third-order valence-corrected chi connectivity index (χ3v) is 6.96. The first kappa shape index (κ1) is 19.5. The maximum absolute atomic E-state index is 12.5. The molecule has 2 unspecified atom stereocenters. The summed E-state index contributed by atoms with van der Waals surface area (Å²) < 4.78 is 40.5. The molecule has 7 heteroatoms. The first-order chi connectivity index (χ1) is 13.8. The summed E-state index contributed by atoms with van der Waals surface area (Å²) in [7, 11) is -2.44. The van der Waals surface area contributed by atoms with Gasteiger partial charge in [-0.25, -0.2) is 0 Å². The summed E-state index contributed by atoms with van der Waals surface area (Å²) >= 11 is 0. The highest BCUT2D eigenvalue weighted by atomic mass is 32.2. The van der Waals surface area contributed by atoms with E-state index in [1.165, 1.54) is 19.2 Å². The van der Waals surface area contributed by atoms with Crippen molar-refractivity contribution in [3.63, 3.8) is 0 Å². The van der Waals surface area contributed by atoms with Crippen LogP contribution in [-0.2, 0) is 26.1 Å². The second-order valence-corrected chi connectivity index (χ2v) is 9.16. The minimum atomic E-state index is -3.95. The molecule has 6 nitrogen and oxygen atoms in total. The van der Waals surface area contributed by atoms with Crippen molar-refractivity contribution in [3.05, 3.63) is 66.2 Å². The van der Waals surface area contributed by atoms with Gasteiger partial charge in [0, 0.05) is 5.92 Å². The van der Waals surface area contributed by atoms with E-state index in [0.717, 1.165) is 17.6 Å². The Morgan fingerprint density at radius 2 is 1.76 bits per heavy atom. The number of cyclic esters (lactones) is 1. The first-order valence-electron chi connectivity index (χ1n) is 9.34. The molecule has 4 rings (SSSR count). The van der Waals surface area contributed by atoms with Gasteiger partial charge in [-0.3, -0.25) is 4.79 Å². The monoisotopic (exact) mass is 414 g/mol. The minimum Gasteiger partial charge on any atom is -0.497 e. The number of allylic oxidation sites excluding steroid dienone is 1. The molecule has 1 aliphatic carbocycles. The van der Waals surface area contributed by atoms with E-state index in [9.17, 15) is 13.2 Å². The first-order valence-corrected chi connectivity index (χ1v) is 10.7. The normalized spacial score (nSPS) is 23.6. The Balaban J connectivity index is 1.49. The zero-order valence-corrected chi connectivity index (χ0v) is 16.9. The number of ether oxygens (including phenoxy) is 2. The zero-order valence-electron chi connectivity index (χ0n) is 16.1. The number of hydrogen-bond acceptors (Lipinski definition) is 6. The van der Waals surface area contributed by atoms with Crippen molar-refractivity contribution in [1.82, 2.24) is 0 Å². The third-order valence-electron chi connectivity index (χ3n) is 5.70. The Morgan fingerprint density at radius 3 is 2.41 bits per heavy atom. The molecular weight excluding hydrogens is 392 g/mol. The number of carbonyl (C=O) groups is 1. The van der Waals surface area contributed by atoms with Crippen LogP contribution < -0.4 is 8.92 Å². The Kier molecular flexibility index (Phi) is 4.86. The maximum atomic E-state index is 12.5. The van der Waals surface area contributed by atoms with Crippen LogP contribution in [0.3, 0.4) is 0 Å². The molecule has 152 valence electrons. The topological polar surface area (TPSA) is 78.9 Å². The lowest BCUT2D eigenvalue weighted by Gasteiger charge is -2.24. The molecule has 0 spiro atoms. The van der Waals surface area contributed by atoms with E-state index in [1.54, 1.807) is 36.4 Å². The maximum Gasteiger partial charge on any atom is 0.339 e. The van der Waals surface area contributed by atoms with Gasteiger partial charge < -0.3 is 13.7 Å². The molecule has 2 aliphatic rings. The highest BCUT2D eigenvalue weighted by Crippen LogP contribution is 2.52. The van der Waals surface area contributed by atoms with Gasteiger partial charge in [-0.1, -0.05) is 24.3 Å².